The first-order chi connectivity index (χ1) is 6.45. The van der Waals surface area contributed by atoms with E-state index in [2.05, 4.69) is 10.1 Å². The van der Waals surface area contributed by atoms with Gasteiger partial charge in [0.05, 0.1) is 0 Å². The summed E-state index contributed by atoms with van der Waals surface area (Å²) >= 11 is 0. The predicted octanol–water partition coefficient (Wildman–Crippen LogP) is 0.764. The number of aromatic nitrogens is 3. The third-order valence-corrected chi connectivity index (χ3v) is 1.75. The lowest BCUT2D eigenvalue weighted by atomic mass is 10.2. The topological polar surface area (TPSA) is 50.9 Å². The number of aliphatic hydroxyl groups excluding tert-OH is 1. The van der Waals surface area contributed by atoms with Crippen LogP contribution in [-0.2, 0) is 13.0 Å². The maximum Gasteiger partial charge on any atom is 0.414 e. The van der Waals surface area contributed by atoms with Crippen LogP contribution >= 0.6 is 0 Å². The van der Waals surface area contributed by atoms with Gasteiger partial charge in [-0.05, 0) is 6.92 Å². The van der Waals surface area contributed by atoms with E-state index in [1.807, 2.05) is 0 Å². The maximum absolute atomic E-state index is 12.0. The zero-order chi connectivity index (χ0) is 10.8. The van der Waals surface area contributed by atoms with Crippen LogP contribution in [0.2, 0.25) is 0 Å². The molecule has 4 nitrogen and oxygen atoms in total. The molecule has 0 saturated heterocycles. The number of hydrogen-bond acceptors (Lipinski definition) is 3. The second-order valence-electron chi connectivity index (χ2n) is 2.75. The Hall–Kier alpha value is -1.11. The van der Waals surface area contributed by atoms with Crippen LogP contribution in [-0.4, -0.2) is 32.2 Å². The number of rotatable bonds is 3. The Balaban J connectivity index is 2.69. The van der Waals surface area contributed by atoms with Crippen molar-refractivity contribution in [3.8, 4) is 0 Å². The molecule has 0 bridgehead atoms. The Bertz CT molecular complexity index is 297. The van der Waals surface area contributed by atoms with E-state index in [0.29, 0.717) is 6.54 Å². The first kappa shape index (κ1) is 11.0. The molecule has 0 unspecified atom stereocenters. The van der Waals surface area contributed by atoms with Gasteiger partial charge in [-0.2, -0.15) is 18.3 Å². The van der Waals surface area contributed by atoms with Gasteiger partial charge in [-0.1, -0.05) is 0 Å². The molecule has 14 heavy (non-hydrogen) atoms. The van der Waals surface area contributed by atoms with E-state index in [-0.39, 0.29) is 5.82 Å². The molecule has 0 radical (unpaired) electrons. The van der Waals surface area contributed by atoms with Gasteiger partial charge in [0.1, 0.15) is 12.2 Å². The molecule has 0 aromatic carbocycles. The van der Waals surface area contributed by atoms with Gasteiger partial charge in [0.25, 0.3) is 0 Å². The summed E-state index contributed by atoms with van der Waals surface area (Å²) in [6, 6.07) is 0. The average molecular weight is 209 g/mol. The van der Waals surface area contributed by atoms with Gasteiger partial charge in [-0.3, -0.25) is 4.68 Å². The van der Waals surface area contributed by atoms with Crippen molar-refractivity contribution in [1.29, 1.82) is 0 Å². The first-order valence-corrected chi connectivity index (χ1v) is 4.06. The molecule has 1 rings (SSSR count). The van der Waals surface area contributed by atoms with Crippen LogP contribution in [0, 0.1) is 0 Å². The molecular formula is C7H10F3N3O. The molecule has 7 heteroatoms. The Morgan fingerprint density at radius 1 is 1.57 bits per heavy atom. The maximum atomic E-state index is 12.0. The molecule has 0 aliphatic heterocycles. The van der Waals surface area contributed by atoms with Crippen LogP contribution in [0.15, 0.2) is 6.33 Å². The quantitative estimate of drug-likeness (QED) is 0.799. The van der Waals surface area contributed by atoms with E-state index < -0.39 is 18.7 Å². The van der Waals surface area contributed by atoms with Crippen molar-refractivity contribution in [1.82, 2.24) is 14.8 Å². The molecule has 0 fully saturated rings. The Kier molecular flexibility index (Phi) is 3.10. The fourth-order valence-electron chi connectivity index (χ4n) is 0.999. The van der Waals surface area contributed by atoms with Crippen LogP contribution in [0.1, 0.15) is 12.7 Å². The lowest BCUT2D eigenvalue weighted by Crippen LogP contribution is -2.31. The summed E-state index contributed by atoms with van der Waals surface area (Å²) < 4.78 is 37.2. The van der Waals surface area contributed by atoms with Crippen LogP contribution in [0.3, 0.4) is 0 Å². The lowest BCUT2D eigenvalue weighted by Gasteiger charge is -2.13. The van der Waals surface area contributed by atoms with Crippen molar-refractivity contribution in [3.05, 3.63) is 12.2 Å². The van der Waals surface area contributed by atoms with E-state index in [4.69, 9.17) is 5.11 Å². The molecular weight excluding hydrogens is 199 g/mol. The number of aliphatic hydroxyl groups is 1. The molecule has 1 atom stereocenters. The molecule has 1 aromatic rings. The summed E-state index contributed by atoms with van der Waals surface area (Å²) in [5.41, 5.74) is 0. The number of halogens is 3. The van der Waals surface area contributed by atoms with Crippen LogP contribution in [0.25, 0.3) is 0 Å². The normalized spacial score (nSPS) is 14.4. The van der Waals surface area contributed by atoms with Crippen LogP contribution in [0.5, 0.6) is 0 Å². The standard InChI is InChI=1S/C7H10F3N3O/c1-2-13-6(11-4-12-13)3-5(14)7(8,9)10/h4-5,14H,2-3H2,1H3/t5-/m0/s1. The summed E-state index contributed by atoms with van der Waals surface area (Å²) in [6.07, 6.45) is -6.37. The minimum atomic E-state index is -4.61. The number of aryl methyl sites for hydroxylation is 1. The summed E-state index contributed by atoms with van der Waals surface area (Å²) in [5.74, 6) is 0.136. The predicted molar refractivity (Wildman–Crippen MR) is 41.5 cm³/mol. The minimum Gasteiger partial charge on any atom is -0.383 e. The van der Waals surface area contributed by atoms with Crippen molar-refractivity contribution < 1.29 is 18.3 Å². The summed E-state index contributed by atoms with van der Waals surface area (Å²) in [4.78, 5) is 3.63. The van der Waals surface area contributed by atoms with Crippen molar-refractivity contribution in [3.63, 3.8) is 0 Å². The SMILES string of the molecule is CCn1ncnc1C[C@H](O)C(F)(F)F. The Morgan fingerprint density at radius 3 is 2.71 bits per heavy atom. The zero-order valence-electron chi connectivity index (χ0n) is 7.49. The Morgan fingerprint density at radius 2 is 2.21 bits per heavy atom. The lowest BCUT2D eigenvalue weighted by molar-refractivity contribution is -0.203. The van der Waals surface area contributed by atoms with Gasteiger partial charge in [-0.25, -0.2) is 4.98 Å². The fourth-order valence-corrected chi connectivity index (χ4v) is 0.999. The smallest absolute Gasteiger partial charge is 0.383 e. The highest BCUT2D eigenvalue weighted by Gasteiger charge is 2.38. The van der Waals surface area contributed by atoms with Gasteiger partial charge in [0.2, 0.25) is 0 Å². The zero-order valence-corrected chi connectivity index (χ0v) is 7.49. The minimum absolute atomic E-state index is 0.136. The largest absolute Gasteiger partial charge is 0.414 e. The molecule has 0 spiro atoms. The number of alkyl halides is 3. The third-order valence-electron chi connectivity index (χ3n) is 1.75. The van der Waals surface area contributed by atoms with E-state index >= 15 is 0 Å². The van der Waals surface area contributed by atoms with Gasteiger partial charge in [0.15, 0.2) is 6.10 Å². The molecule has 80 valence electrons. The number of hydrogen-bond donors (Lipinski definition) is 1. The second-order valence-corrected chi connectivity index (χ2v) is 2.75. The summed E-state index contributed by atoms with van der Waals surface area (Å²) in [7, 11) is 0. The fraction of sp³-hybridized carbons (Fsp3) is 0.714. The van der Waals surface area contributed by atoms with Crippen LogP contribution < -0.4 is 0 Å². The monoisotopic (exact) mass is 209 g/mol. The molecule has 0 saturated carbocycles. The first-order valence-electron chi connectivity index (χ1n) is 4.06. The van der Waals surface area contributed by atoms with Gasteiger partial charge < -0.3 is 5.11 Å². The third kappa shape index (κ3) is 2.44. The van der Waals surface area contributed by atoms with Crippen molar-refractivity contribution in [2.24, 2.45) is 0 Å². The Labute approximate surface area is 78.4 Å². The van der Waals surface area contributed by atoms with Gasteiger partial charge >= 0.3 is 6.18 Å². The van der Waals surface area contributed by atoms with E-state index in [0.717, 1.165) is 0 Å². The van der Waals surface area contributed by atoms with Crippen molar-refractivity contribution in [2.45, 2.75) is 32.2 Å². The molecule has 0 aliphatic rings. The van der Waals surface area contributed by atoms with Crippen molar-refractivity contribution in [2.75, 3.05) is 0 Å². The highest BCUT2D eigenvalue weighted by atomic mass is 19.4. The second kappa shape index (κ2) is 3.95. The highest BCUT2D eigenvalue weighted by Crippen LogP contribution is 2.22. The number of nitrogens with zero attached hydrogens (tertiary/aromatic N) is 3. The summed E-state index contributed by atoms with van der Waals surface area (Å²) in [5, 5.41) is 12.5. The molecule has 0 amide bonds. The van der Waals surface area contributed by atoms with E-state index in [1.165, 1.54) is 11.0 Å². The van der Waals surface area contributed by atoms with Gasteiger partial charge in [-0.15, -0.1) is 0 Å². The van der Waals surface area contributed by atoms with Crippen LogP contribution in [0.4, 0.5) is 13.2 Å². The summed E-state index contributed by atoms with van der Waals surface area (Å²) in [6.45, 7) is 2.16. The highest BCUT2D eigenvalue weighted by molar-refractivity contribution is 4.89. The molecule has 1 N–H and O–H groups in total. The van der Waals surface area contributed by atoms with Crippen molar-refractivity contribution >= 4 is 0 Å². The van der Waals surface area contributed by atoms with E-state index in [9.17, 15) is 13.2 Å². The van der Waals surface area contributed by atoms with Gasteiger partial charge in [0, 0.05) is 13.0 Å². The van der Waals surface area contributed by atoms with E-state index in [1.54, 1.807) is 6.92 Å². The average Bonchev–Trinajstić information content (AvgIpc) is 2.50. The molecule has 0 aliphatic carbocycles. The molecule has 1 heterocycles. The molecule has 1 aromatic heterocycles.